The highest BCUT2D eigenvalue weighted by molar-refractivity contribution is 5.76. The lowest BCUT2D eigenvalue weighted by Crippen LogP contribution is -2.45. The molecule has 2 atom stereocenters. The highest BCUT2D eigenvalue weighted by Gasteiger charge is 2.20. The predicted molar refractivity (Wildman–Crippen MR) is 246 cm³/mol. The van der Waals surface area contributed by atoms with Crippen molar-refractivity contribution >= 4 is 11.9 Å². The van der Waals surface area contributed by atoms with Gasteiger partial charge in [0.05, 0.1) is 25.4 Å². The van der Waals surface area contributed by atoms with Crippen LogP contribution in [-0.2, 0) is 14.3 Å². The van der Waals surface area contributed by atoms with Crippen molar-refractivity contribution in [3.05, 3.63) is 24.3 Å². The summed E-state index contributed by atoms with van der Waals surface area (Å²) < 4.78 is 5.41. The summed E-state index contributed by atoms with van der Waals surface area (Å²) in [5.74, 6) is -0.117. The molecule has 0 aliphatic heterocycles. The van der Waals surface area contributed by atoms with Crippen LogP contribution >= 0.6 is 0 Å². The van der Waals surface area contributed by atoms with Gasteiger partial charge in [0.2, 0.25) is 5.91 Å². The lowest BCUT2D eigenvalue weighted by Gasteiger charge is -2.22. The fraction of sp³-hybridized carbons (Fsp3) is 0.882. The second-order valence-corrected chi connectivity index (χ2v) is 17.1. The van der Waals surface area contributed by atoms with Crippen LogP contribution in [0.4, 0.5) is 0 Å². The van der Waals surface area contributed by atoms with Crippen molar-refractivity contribution < 1.29 is 24.5 Å². The predicted octanol–water partition coefficient (Wildman–Crippen LogP) is 14.7. The Balaban J connectivity index is 3.54. The van der Waals surface area contributed by atoms with E-state index in [1.54, 1.807) is 0 Å². The molecule has 6 nitrogen and oxygen atoms in total. The van der Waals surface area contributed by atoms with E-state index in [0.717, 1.165) is 77.0 Å². The molecule has 0 spiro atoms. The summed E-state index contributed by atoms with van der Waals surface area (Å²) >= 11 is 0. The van der Waals surface area contributed by atoms with Crippen LogP contribution in [0.15, 0.2) is 24.3 Å². The van der Waals surface area contributed by atoms with Crippen LogP contribution < -0.4 is 5.32 Å². The number of rotatable bonds is 46. The minimum absolute atomic E-state index is 0.0464. The first kappa shape index (κ1) is 55.3. The number of aliphatic hydroxyl groups excluding tert-OH is 2. The van der Waals surface area contributed by atoms with Gasteiger partial charge in [0.15, 0.2) is 0 Å². The van der Waals surface area contributed by atoms with Crippen LogP contribution in [0.5, 0.6) is 0 Å². The standard InChI is InChI=1S/C51H97NO5/c1-3-5-7-9-11-13-15-17-18-19-20-21-22-23-27-31-35-39-43-49(54)48(47-53)52-50(55)44-40-36-32-28-25-26-30-34-38-42-46-57-51(56)45-41-37-33-29-24-16-14-12-10-8-6-4-2/h12,14,26,30,48-49,53-54H,3-11,13,15-25,27-29,31-47H2,1-2H3,(H,52,55)/b14-12-,30-26-. The number of esters is 1. The fourth-order valence-corrected chi connectivity index (χ4v) is 7.57. The molecule has 0 fully saturated rings. The normalized spacial score (nSPS) is 12.8. The molecule has 57 heavy (non-hydrogen) atoms. The number of unbranched alkanes of at least 4 members (excludes halogenated alkanes) is 31. The second kappa shape index (κ2) is 47.0. The molecule has 0 aliphatic rings. The maximum absolute atomic E-state index is 12.4. The second-order valence-electron chi connectivity index (χ2n) is 17.1. The van der Waals surface area contributed by atoms with Crippen molar-refractivity contribution in [3.8, 4) is 0 Å². The molecule has 0 bridgehead atoms. The zero-order valence-corrected chi connectivity index (χ0v) is 38.1. The van der Waals surface area contributed by atoms with Gasteiger partial charge in [0, 0.05) is 12.8 Å². The minimum atomic E-state index is -0.686. The molecule has 0 aromatic carbocycles. The SMILES string of the molecule is CCCCC/C=C\CCCCCCCC(=O)OCCCC/C=C\CCCCCCC(=O)NC(CO)C(O)CCCCCCCCCCCCCCCCCCCC. The molecule has 0 aromatic rings. The number of nitrogens with one attached hydrogen (secondary N) is 1. The first-order valence-electron chi connectivity index (χ1n) is 25.1. The van der Waals surface area contributed by atoms with Crippen molar-refractivity contribution in [2.75, 3.05) is 13.2 Å². The smallest absolute Gasteiger partial charge is 0.305 e. The quantitative estimate of drug-likeness (QED) is 0.0324. The molecule has 0 heterocycles. The average Bonchev–Trinajstić information content (AvgIpc) is 3.21. The minimum Gasteiger partial charge on any atom is -0.466 e. The Hall–Kier alpha value is -1.66. The van der Waals surface area contributed by atoms with Crippen molar-refractivity contribution in [3.63, 3.8) is 0 Å². The number of hydrogen-bond donors (Lipinski definition) is 3. The van der Waals surface area contributed by atoms with Crippen LogP contribution in [0, 0.1) is 0 Å². The molecule has 1 amide bonds. The summed E-state index contributed by atoms with van der Waals surface area (Å²) in [7, 11) is 0. The third-order valence-corrected chi connectivity index (χ3v) is 11.5. The van der Waals surface area contributed by atoms with E-state index in [-0.39, 0.29) is 18.5 Å². The number of hydrogen-bond acceptors (Lipinski definition) is 5. The molecule has 6 heteroatoms. The molecule has 3 N–H and O–H groups in total. The Kier molecular flexibility index (Phi) is 45.7. The topological polar surface area (TPSA) is 95.9 Å². The van der Waals surface area contributed by atoms with Gasteiger partial charge < -0.3 is 20.3 Å². The van der Waals surface area contributed by atoms with Crippen molar-refractivity contribution in [1.29, 1.82) is 0 Å². The first-order chi connectivity index (χ1) is 28.0. The maximum atomic E-state index is 12.4. The zero-order valence-electron chi connectivity index (χ0n) is 38.1. The molecule has 0 aliphatic carbocycles. The average molecular weight is 804 g/mol. The summed E-state index contributed by atoms with van der Waals surface area (Å²) in [5, 5.41) is 23.2. The Morgan fingerprint density at radius 2 is 0.825 bits per heavy atom. The maximum Gasteiger partial charge on any atom is 0.305 e. The van der Waals surface area contributed by atoms with E-state index in [1.807, 2.05) is 0 Å². The summed E-state index contributed by atoms with van der Waals surface area (Å²) in [5.41, 5.74) is 0. The molecule has 0 saturated carbocycles. The fourth-order valence-electron chi connectivity index (χ4n) is 7.57. The van der Waals surface area contributed by atoms with E-state index in [2.05, 4.69) is 43.5 Å². The summed E-state index contributed by atoms with van der Waals surface area (Å²) in [6.45, 7) is 4.84. The van der Waals surface area contributed by atoms with Gasteiger partial charge in [-0.05, 0) is 77.0 Å². The molecular formula is C51H97NO5. The highest BCUT2D eigenvalue weighted by atomic mass is 16.5. The van der Waals surface area contributed by atoms with Gasteiger partial charge in [-0.25, -0.2) is 0 Å². The number of amides is 1. The van der Waals surface area contributed by atoms with E-state index >= 15 is 0 Å². The van der Waals surface area contributed by atoms with Crippen molar-refractivity contribution in [1.82, 2.24) is 5.32 Å². The third-order valence-electron chi connectivity index (χ3n) is 11.5. The van der Waals surface area contributed by atoms with Crippen molar-refractivity contribution in [2.24, 2.45) is 0 Å². The van der Waals surface area contributed by atoms with E-state index < -0.39 is 12.1 Å². The first-order valence-corrected chi connectivity index (χ1v) is 25.1. The number of carbonyl (C=O) groups excluding carboxylic acids is 2. The van der Waals surface area contributed by atoms with Gasteiger partial charge in [-0.1, -0.05) is 199 Å². The molecule has 0 radical (unpaired) electrons. The molecule has 0 rings (SSSR count). The molecular weight excluding hydrogens is 707 g/mol. The Bertz CT molecular complexity index is 889. The number of aliphatic hydroxyl groups is 2. The van der Waals surface area contributed by atoms with Crippen LogP contribution in [0.2, 0.25) is 0 Å². The summed E-state index contributed by atoms with van der Waals surface area (Å²) in [4.78, 5) is 24.4. The van der Waals surface area contributed by atoms with Gasteiger partial charge in [-0.3, -0.25) is 9.59 Å². The summed E-state index contributed by atoms with van der Waals surface area (Å²) in [6, 6.07) is -0.567. The highest BCUT2D eigenvalue weighted by Crippen LogP contribution is 2.16. The molecule has 0 aromatic heterocycles. The zero-order chi connectivity index (χ0) is 41.5. The number of ether oxygens (including phenoxy) is 1. The Morgan fingerprint density at radius 1 is 0.474 bits per heavy atom. The van der Waals surface area contributed by atoms with E-state index in [9.17, 15) is 19.8 Å². The number of allylic oxidation sites excluding steroid dienone is 4. The Morgan fingerprint density at radius 3 is 1.28 bits per heavy atom. The van der Waals surface area contributed by atoms with E-state index in [4.69, 9.17) is 4.74 Å². The molecule has 336 valence electrons. The monoisotopic (exact) mass is 804 g/mol. The molecule has 0 saturated heterocycles. The lowest BCUT2D eigenvalue weighted by molar-refractivity contribution is -0.143. The van der Waals surface area contributed by atoms with Crippen LogP contribution in [-0.4, -0.2) is 47.4 Å². The largest absolute Gasteiger partial charge is 0.466 e. The van der Waals surface area contributed by atoms with Crippen molar-refractivity contribution in [2.45, 2.75) is 276 Å². The lowest BCUT2D eigenvalue weighted by atomic mass is 10.0. The van der Waals surface area contributed by atoms with Gasteiger partial charge in [0.25, 0.3) is 0 Å². The molecule has 2 unspecified atom stereocenters. The third kappa shape index (κ3) is 43.7. The van der Waals surface area contributed by atoms with Gasteiger partial charge >= 0.3 is 5.97 Å². The van der Waals surface area contributed by atoms with Crippen LogP contribution in [0.3, 0.4) is 0 Å². The van der Waals surface area contributed by atoms with Crippen LogP contribution in [0.25, 0.3) is 0 Å². The van der Waals surface area contributed by atoms with Gasteiger partial charge in [-0.2, -0.15) is 0 Å². The van der Waals surface area contributed by atoms with Crippen LogP contribution in [0.1, 0.15) is 264 Å². The van der Waals surface area contributed by atoms with Gasteiger partial charge in [0.1, 0.15) is 0 Å². The van der Waals surface area contributed by atoms with Gasteiger partial charge in [-0.15, -0.1) is 0 Å². The summed E-state index contributed by atoms with van der Waals surface area (Å²) in [6.07, 6.45) is 54.3. The van der Waals surface area contributed by atoms with E-state index in [1.165, 1.54) is 154 Å². The van der Waals surface area contributed by atoms with E-state index in [0.29, 0.717) is 25.9 Å². The number of carbonyl (C=O) groups is 2. The Labute approximate surface area is 354 Å².